The zero-order valence-electron chi connectivity index (χ0n) is 38.7. The van der Waals surface area contributed by atoms with Crippen molar-refractivity contribution >= 4 is 53.7 Å². The van der Waals surface area contributed by atoms with E-state index in [2.05, 4.69) is 41.7 Å². The van der Waals surface area contributed by atoms with Gasteiger partial charge in [-0.3, -0.25) is 0 Å². The Hall–Kier alpha value is -5.96. The Morgan fingerprint density at radius 3 is 1.94 bits per heavy atom. The second-order valence-electron chi connectivity index (χ2n) is 11.9. The lowest BCUT2D eigenvalue weighted by atomic mass is 9.68. The van der Waals surface area contributed by atoms with E-state index in [4.69, 9.17) is 12.3 Å². The first-order valence-electron chi connectivity index (χ1n) is 22.3. The Balaban J connectivity index is 1.17. The zero-order chi connectivity index (χ0) is 43.7. The molecule has 0 radical (unpaired) electrons. The van der Waals surface area contributed by atoms with E-state index in [1.807, 2.05) is 66.7 Å². The molecule has 1 aliphatic rings. The van der Waals surface area contributed by atoms with Crippen molar-refractivity contribution < 1.29 is 17.8 Å². The normalized spacial score (nSPS) is 16.8. The van der Waals surface area contributed by atoms with Gasteiger partial charge in [-0.2, -0.15) is 0 Å². The van der Waals surface area contributed by atoms with Crippen LogP contribution < -0.4 is 5.32 Å². The van der Waals surface area contributed by atoms with Crippen LogP contribution in [0, 0.1) is 0 Å². The van der Waals surface area contributed by atoms with E-state index >= 15 is 0 Å². The number of hydrogen-bond acceptors (Lipinski definition) is 2. The van der Waals surface area contributed by atoms with Gasteiger partial charge in [-0.25, -0.2) is 0 Å². The number of benzene rings is 8. The van der Waals surface area contributed by atoms with Crippen molar-refractivity contribution in [3.8, 4) is 22.3 Å². The number of nitrogens with one attached hydrogen (secondary N) is 1. The van der Waals surface area contributed by atoms with Gasteiger partial charge in [0.2, 0.25) is 0 Å². The Labute approximate surface area is 308 Å². The molecule has 0 spiro atoms. The van der Waals surface area contributed by atoms with Gasteiger partial charge in [-0.15, -0.1) is 11.3 Å². The molecule has 9 aromatic rings. The van der Waals surface area contributed by atoms with E-state index in [0.717, 1.165) is 44.7 Å². The van der Waals surface area contributed by atoms with Crippen LogP contribution in [0.1, 0.15) is 40.1 Å². The van der Waals surface area contributed by atoms with E-state index < -0.39 is 84.0 Å². The predicted octanol–water partition coefficient (Wildman–Crippen LogP) is 13.0. The number of hydrogen-bond donors (Lipinski definition) is 1. The predicted molar refractivity (Wildman–Crippen MR) is 209 cm³/mol. The van der Waals surface area contributed by atoms with Crippen LogP contribution in [0.15, 0.2) is 182 Å². The fourth-order valence-electron chi connectivity index (χ4n) is 7.28. The largest absolute Gasteiger partial charge is 0.356 e. The van der Waals surface area contributed by atoms with Gasteiger partial charge in [0.05, 0.1) is 23.2 Å². The summed E-state index contributed by atoms with van der Waals surface area (Å²) in [5.41, 5.74) is 5.48. The van der Waals surface area contributed by atoms with Crippen LogP contribution in [0.25, 0.3) is 53.2 Å². The summed E-state index contributed by atoms with van der Waals surface area (Å²) in [7, 11) is 0. The Kier molecular flexibility index (Phi) is 4.06. The highest BCUT2D eigenvalue weighted by molar-refractivity contribution is 7.27. The first kappa shape index (κ1) is 18.0. The van der Waals surface area contributed by atoms with Crippen molar-refractivity contribution in [2.45, 2.75) is 5.41 Å². The van der Waals surface area contributed by atoms with Crippen LogP contribution >= 0.6 is 11.3 Å². The SMILES string of the molecule is [2H]c1c([2H])c(-c2c([2H])c([2H])c([2H])c3c2sc2c4c([2H])c([2H])c([2H])c([2H])c4c([2H])c([2H])c23)c([2H])c([2H])c1Nc1ccc2c(c1)-c1ccccc1C2(c1ccccc1)c1ccccc1. The van der Waals surface area contributed by atoms with Crippen molar-refractivity contribution in [2.75, 3.05) is 5.32 Å². The van der Waals surface area contributed by atoms with Gasteiger partial charge in [-0.1, -0.05) is 157 Å². The van der Waals surface area contributed by atoms with Crippen molar-refractivity contribution in [1.82, 2.24) is 0 Å². The monoisotopic (exact) mass is 654 g/mol. The topological polar surface area (TPSA) is 12.0 Å². The number of rotatable bonds is 5. The quantitative estimate of drug-likeness (QED) is 0.195. The zero-order valence-corrected chi connectivity index (χ0v) is 26.5. The van der Waals surface area contributed by atoms with Crippen LogP contribution in [-0.4, -0.2) is 0 Å². The third kappa shape index (κ3) is 4.24. The molecule has 0 aliphatic heterocycles. The molecular formula is C47H31NS. The lowest BCUT2D eigenvalue weighted by molar-refractivity contribution is 0.768. The number of thiophene rings is 1. The Morgan fingerprint density at radius 1 is 0.469 bits per heavy atom. The first-order valence-corrected chi connectivity index (χ1v) is 16.6. The van der Waals surface area contributed by atoms with Crippen LogP contribution in [0.4, 0.5) is 11.4 Å². The molecule has 49 heavy (non-hydrogen) atoms. The van der Waals surface area contributed by atoms with E-state index in [1.54, 1.807) is 0 Å². The van der Waals surface area contributed by atoms with E-state index in [0.29, 0.717) is 5.69 Å². The lowest BCUT2D eigenvalue weighted by Gasteiger charge is -2.33. The van der Waals surface area contributed by atoms with Gasteiger partial charge < -0.3 is 5.32 Å². The highest BCUT2D eigenvalue weighted by atomic mass is 32.1. The van der Waals surface area contributed by atoms with Crippen molar-refractivity contribution in [2.24, 2.45) is 0 Å². The van der Waals surface area contributed by atoms with Crippen LogP contribution in [0.2, 0.25) is 0 Å². The van der Waals surface area contributed by atoms with Gasteiger partial charge in [0.15, 0.2) is 0 Å². The molecule has 0 saturated carbocycles. The minimum Gasteiger partial charge on any atom is -0.356 e. The maximum absolute atomic E-state index is 9.31. The molecular weight excluding hydrogens is 611 g/mol. The lowest BCUT2D eigenvalue weighted by Crippen LogP contribution is -2.28. The molecule has 1 N–H and O–H groups in total. The fourth-order valence-corrected chi connectivity index (χ4v) is 8.51. The second-order valence-corrected chi connectivity index (χ2v) is 12.9. The van der Waals surface area contributed by atoms with E-state index in [9.17, 15) is 5.48 Å². The minimum atomic E-state index is -0.648. The van der Waals surface area contributed by atoms with Crippen LogP contribution in [-0.2, 0) is 5.41 Å². The molecule has 0 amide bonds. The number of anilines is 2. The summed E-state index contributed by atoms with van der Waals surface area (Å²) in [5.74, 6) is 0. The average molecular weight is 655 g/mol. The summed E-state index contributed by atoms with van der Waals surface area (Å²) in [5, 5.41) is 2.85. The standard InChI is InChI=1S/C47H31NS/c1-3-13-33(14-4-1)47(34-15-5-2-6-16-34)43-21-10-9-18-39(43)42-30-36(27-29-44(42)47)48-35-25-22-32(23-26-35)38-19-11-20-40-41-28-24-31-12-7-8-17-37(31)46(41)49-45(38)40/h1-30,48H/i7D,8D,11D,12D,17D,19D,20D,22D,23D,24D,25D,26D,28D. The summed E-state index contributed by atoms with van der Waals surface area (Å²) >= 11 is 0.869. The molecule has 2 heteroatoms. The van der Waals surface area contributed by atoms with Crippen LogP contribution in [0.5, 0.6) is 0 Å². The Morgan fingerprint density at radius 2 is 1.14 bits per heavy atom. The third-order valence-corrected chi connectivity index (χ3v) is 10.6. The highest BCUT2D eigenvalue weighted by Gasteiger charge is 2.45. The molecule has 1 nitrogen and oxygen atoms in total. The molecule has 0 bridgehead atoms. The van der Waals surface area contributed by atoms with Gasteiger partial charge in [0.25, 0.3) is 0 Å². The molecule has 1 heterocycles. The molecule has 230 valence electrons. The molecule has 1 aromatic heterocycles. The first-order chi connectivity index (χ1) is 29.7. The third-order valence-electron chi connectivity index (χ3n) is 9.34. The summed E-state index contributed by atoms with van der Waals surface area (Å²) in [6.45, 7) is 0. The molecule has 0 unspecified atom stereocenters. The minimum absolute atomic E-state index is 0.0254. The molecule has 0 fully saturated rings. The molecule has 0 atom stereocenters. The van der Waals surface area contributed by atoms with Crippen molar-refractivity contribution in [1.29, 1.82) is 0 Å². The average Bonchev–Trinajstić information content (AvgIpc) is 3.82. The summed E-state index contributed by atoms with van der Waals surface area (Å²) < 4.78 is 116. The molecule has 10 rings (SSSR count). The molecule has 1 aliphatic carbocycles. The van der Waals surface area contributed by atoms with E-state index in [-0.39, 0.29) is 47.8 Å². The highest BCUT2D eigenvalue weighted by Crippen LogP contribution is 2.56. The summed E-state index contributed by atoms with van der Waals surface area (Å²) in [6, 6.07) is 28.0. The Bertz CT molecular complexity index is 3350. The summed E-state index contributed by atoms with van der Waals surface area (Å²) in [6.07, 6.45) is 0. The number of fused-ring (bicyclic) bond motifs is 8. The van der Waals surface area contributed by atoms with Crippen molar-refractivity contribution in [3.05, 3.63) is 204 Å². The van der Waals surface area contributed by atoms with Crippen molar-refractivity contribution in [3.63, 3.8) is 0 Å². The maximum atomic E-state index is 9.31. The maximum Gasteiger partial charge on any atom is 0.0713 e. The molecule has 8 aromatic carbocycles. The second kappa shape index (κ2) is 11.1. The van der Waals surface area contributed by atoms with Gasteiger partial charge in [0.1, 0.15) is 0 Å². The fraction of sp³-hybridized carbons (Fsp3) is 0.0213. The smallest absolute Gasteiger partial charge is 0.0713 e. The van der Waals surface area contributed by atoms with Gasteiger partial charge in [-0.05, 0) is 79.5 Å². The van der Waals surface area contributed by atoms with Gasteiger partial charge in [0, 0.05) is 31.5 Å². The van der Waals surface area contributed by atoms with Gasteiger partial charge >= 0.3 is 0 Å². The van der Waals surface area contributed by atoms with E-state index in [1.165, 1.54) is 0 Å². The summed E-state index contributed by atoms with van der Waals surface area (Å²) in [4.78, 5) is 0. The van der Waals surface area contributed by atoms with Crippen LogP contribution in [0.3, 0.4) is 0 Å². The molecule has 0 saturated heterocycles.